The lowest BCUT2D eigenvalue weighted by atomic mass is 10.1. The van der Waals surface area contributed by atoms with E-state index >= 15 is 0 Å². The third kappa shape index (κ3) is 5.77. The average molecular weight is 228 g/mol. The summed E-state index contributed by atoms with van der Waals surface area (Å²) in [5.74, 6) is 6.94. The summed E-state index contributed by atoms with van der Waals surface area (Å²) in [6, 6.07) is 9.94. The van der Waals surface area contributed by atoms with Gasteiger partial charge in [0.2, 0.25) is 0 Å². The van der Waals surface area contributed by atoms with E-state index in [0.717, 1.165) is 17.9 Å². The molecule has 17 heavy (non-hydrogen) atoms. The van der Waals surface area contributed by atoms with Gasteiger partial charge in [-0.2, -0.15) is 0 Å². The number of hydrogen-bond acceptors (Lipinski definition) is 1. The van der Waals surface area contributed by atoms with E-state index in [1.807, 2.05) is 37.3 Å². The number of amidine groups is 1. The fraction of sp³-hybridized carbons (Fsp3) is 0.400. The number of nitrogens with one attached hydrogen (secondary N) is 1. The Morgan fingerprint density at radius 1 is 1.24 bits per heavy atom. The van der Waals surface area contributed by atoms with Crippen LogP contribution < -0.4 is 5.32 Å². The van der Waals surface area contributed by atoms with Crippen LogP contribution in [0.25, 0.3) is 0 Å². The second-order valence-corrected chi connectivity index (χ2v) is 4.81. The third-order valence-electron chi connectivity index (χ3n) is 1.91. The molecule has 1 aromatic carbocycles. The molecule has 0 aliphatic heterocycles. The van der Waals surface area contributed by atoms with E-state index in [9.17, 15) is 0 Å². The number of nitrogens with zero attached hydrogens (tertiary/aromatic N) is 1. The molecule has 0 unspecified atom stereocenters. The second kappa shape index (κ2) is 6.10. The van der Waals surface area contributed by atoms with Gasteiger partial charge in [-0.15, -0.1) is 0 Å². The zero-order valence-electron chi connectivity index (χ0n) is 11.0. The molecule has 0 fully saturated rings. The van der Waals surface area contributed by atoms with Crippen molar-refractivity contribution in [2.24, 2.45) is 4.99 Å². The summed E-state index contributed by atoms with van der Waals surface area (Å²) in [4.78, 5) is 4.36. The van der Waals surface area contributed by atoms with E-state index in [-0.39, 0.29) is 5.54 Å². The Labute approximate surface area is 104 Å². The van der Waals surface area contributed by atoms with Gasteiger partial charge in [0.05, 0.1) is 0 Å². The fourth-order valence-electron chi connectivity index (χ4n) is 1.28. The highest BCUT2D eigenvalue weighted by Crippen LogP contribution is 1.99. The van der Waals surface area contributed by atoms with Crippen molar-refractivity contribution >= 4 is 5.84 Å². The van der Waals surface area contributed by atoms with Crippen molar-refractivity contribution in [2.45, 2.75) is 33.2 Å². The van der Waals surface area contributed by atoms with Gasteiger partial charge in [0.1, 0.15) is 0 Å². The van der Waals surface area contributed by atoms with Crippen LogP contribution in [-0.2, 0) is 0 Å². The lowest BCUT2D eigenvalue weighted by Crippen LogP contribution is -2.40. The van der Waals surface area contributed by atoms with Crippen LogP contribution in [0, 0.1) is 11.8 Å². The summed E-state index contributed by atoms with van der Waals surface area (Å²) in [7, 11) is 0. The van der Waals surface area contributed by atoms with Crippen molar-refractivity contribution in [3.63, 3.8) is 0 Å². The van der Waals surface area contributed by atoms with Crippen molar-refractivity contribution in [3.05, 3.63) is 35.9 Å². The van der Waals surface area contributed by atoms with Crippen LogP contribution in [0.4, 0.5) is 0 Å². The monoisotopic (exact) mass is 228 g/mol. The Kier molecular flexibility index (Phi) is 4.78. The molecular weight excluding hydrogens is 208 g/mol. The molecule has 1 aromatic rings. The summed E-state index contributed by atoms with van der Waals surface area (Å²) in [6.45, 7) is 9.05. The van der Waals surface area contributed by atoms with Crippen molar-refractivity contribution < 1.29 is 0 Å². The second-order valence-electron chi connectivity index (χ2n) is 4.81. The summed E-state index contributed by atoms with van der Waals surface area (Å²) in [6.07, 6.45) is 0. The van der Waals surface area contributed by atoms with Crippen LogP contribution >= 0.6 is 0 Å². The minimum Gasteiger partial charge on any atom is -0.359 e. The van der Waals surface area contributed by atoms with E-state index in [2.05, 4.69) is 42.9 Å². The van der Waals surface area contributed by atoms with Gasteiger partial charge in [-0.3, -0.25) is 4.99 Å². The standard InChI is InChI=1S/C15H20N2/c1-5-16-14(17-15(2,3)4)12-11-13-9-7-6-8-10-13/h6-10H,5H2,1-4H3,(H,16,17). The molecule has 0 aromatic heterocycles. The molecule has 1 N–H and O–H groups in total. The van der Waals surface area contributed by atoms with E-state index < -0.39 is 0 Å². The smallest absolute Gasteiger partial charge is 0.174 e. The van der Waals surface area contributed by atoms with Crippen LogP contribution in [0.1, 0.15) is 33.3 Å². The van der Waals surface area contributed by atoms with Crippen LogP contribution in [0.5, 0.6) is 0 Å². The average Bonchev–Trinajstić information content (AvgIpc) is 2.26. The Morgan fingerprint density at radius 2 is 1.88 bits per heavy atom. The van der Waals surface area contributed by atoms with Crippen molar-refractivity contribution in [2.75, 3.05) is 6.54 Å². The summed E-state index contributed by atoms with van der Waals surface area (Å²) < 4.78 is 0. The highest BCUT2D eigenvalue weighted by atomic mass is 15.0. The topological polar surface area (TPSA) is 24.4 Å². The predicted molar refractivity (Wildman–Crippen MR) is 74.2 cm³/mol. The van der Waals surface area contributed by atoms with Gasteiger partial charge in [0.15, 0.2) is 5.84 Å². The molecule has 2 heteroatoms. The van der Waals surface area contributed by atoms with E-state index in [4.69, 9.17) is 0 Å². The lowest BCUT2D eigenvalue weighted by molar-refractivity contribution is 0.513. The van der Waals surface area contributed by atoms with E-state index in [1.165, 1.54) is 0 Å². The maximum Gasteiger partial charge on any atom is 0.174 e. The minimum atomic E-state index is -0.0145. The van der Waals surface area contributed by atoms with Gasteiger partial charge >= 0.3 is 0 Å². The molecule has 0 radical (unpaired) electrons. The SMILES string of the molecule is CCN=C(C#Cc1ccccc1)NC(C)(C)C. The van der Waals surface area contributed by atoms with Crippen molar-refractivity contribution in [3.8, 4) is 11.8 Å². The van der Waals surface area contributed by atoms with Crippen molar-refractivity contribution in [1.82, 2.24) is 5.32 Å². The first-order chi connectivity index (χ1) is 8.01. The van der Waals surface area contributed by atoms with E-state index in [0.29, 0.717) is 0 Å². The van der Waals surface area contributed by atoms with Crippen LogP contribution in [0.15, 0.2) is 35.3 Å². The molecule has 0 amide bonds. The first-order valence-corrected chi connectivity index (χ1v) is 5.91. The Hall–Kier alpha value is -1.75. The maximum absolute atomic E-state index is 4.36. The molecule has 0 bridgehead atoms. The number of aliphatic imine (C=N–C) groups is 1. The van der Waals surface area contributed by atoms with Gasteiger partial charge in [0.25, 0.3) is 0 Å². The predicted octanol–water partition coefficient (Wildman–Crippen LogP) is 2.84. The number of hydrogen-bond donors (Lipinski definition) is 1. The number of rotatable bonds is 1. The van der Waals surface area contributed by atoms with Gasteiger partial charge in [-0.25, -0.2) is 0 Å². The summed E-state index contributed by atoms with van der Waals surface area (Å²) in [5.41, 5.74) is 0.992. The molecule has 2 nitrogen and oxygen atoms in total. The van der Waals surface area contributed by atoms with Gasteiger partial charge < -0.3 is 5.32 Å². The Balaban J connectivity index is 2.82. The summed E-state index contributed by atoms with van der Waals surface area (Å²) >= 11 is 0. The van der Waals surface area contributed by atoms with Gasteiger partial charge in [0, 0.05) is 17.6 Å². The lowest BCUT2D eigenvalue weighted by Gasteiger charge is -2.20. The Morgan fingerprint density at radius 3 is 2.41 bits per heavy atom. The molecule has 0 aliphatic rings. The van der Waals surface area contributed by atoms with Crippen LogP contribution in [0.3, 0.4) is 0 Å². The first kappa shape index (κ1) is 13.3. The normalized spacial score (nSPS) is 11.6. The molecule has 0 aliphatic carbocycles. The largest absolute Gasteiger partial charge is 0.359 e. The zero-order chi connectivity index (χ0) is 12.7. The van der Waals surface area contributed by atoms with E-state index in [1.54, 1.807) is 0 Å². The van der Waals surface area contributed by atoms with Crippen molar-refractivity contribution in [1.29, 1.82) is 0 Å². The molecule has 0 saturated heterocycles. The molecule has 0 spiro atoms. The highest BCUT2D eigenvalue weighted by molar-refractivity contribution is 5.99. The first-order valence-electron chi connectivity index (χ1n) is 5.91. The molecule has 0 atom stereocenters. The van der Waals surface area contributed by atoms with Gasteiger partial charge in [-0.1, -0.05) is 24.1 Å². The van der Waals surface area contributed by atoms with Gasteiger partial charge in [-0.05, 0) is 45.7 Å². The quantitative estimate of drug-likeness (QED) is 0.446. The molecule has 90 valence electrons. The molecular formula is C15H20N2. The molecule has 0 saturated carbocycles. The summed E-state index contributed by atoms with van der Waals surface area (Å²) in [5, 5.41) is 3.30. The molecule has 1 rings (SSSR count). The zero-order valence-corrected chi connectivity index (χ0v) is 11.0. The maximum atomic E-state index is 4.36. The van der Waals surface area contributed by atoms with Crippen LogP contribution in [0.2, 0.25) is 0 Å². The minimum absolute atomic E-state index is 0.0145. The van der Waals surface area contributed by atoms with Crippen LogP contribution in [-0.4, -0.2) is 17.9 Å². The fourth-order valence-corrected chi connectivity index (χ4v) is 1.28. The Bertz CT molecular complexity index is 427. The third-order valence-corrected chi connectivity index (χ3v) is 1.91. The molecule has 0 heterocycles. The number of benzene rings is 1. The highest BCUT2D eigenvalue weighted by Gasteiger charge is 2.10.